The highest BCUT2D eigenvalue weighted by Crippen LogP contribution is 2.30. The maximum Gasteiger partial charge on any atom is 0.240 e. The molecule has 1 amide bonds. The van der Waals surface area contributed by atoms with Crippen molar-refractivity contribution in [3.05, 3.63) is 35.9 Å². The fraction of sp³-hybridized carbons (Fsp3) is 0.667. The Morgan fingerprint density at radius 3 is 2.56 bits per heavy atom. The molecular formula is C21H33N3O. The van der Waals surface area contributed by atoms with Crippen LogP contribution in [-0.2, 0) is 11.3 Å². The summed E-state index contributed by atoms with van der Waals surface area (Å²) in [6, 6.07) is 11.2. The molecule has 3 rings (SSSR count). The van der Waals surface area contributed by atoms with E-state index in [1.165, 1.54) is 24.8 Å². The molecule has 2 fully saturated rings. The van der Waals surface area contributed by atoms with E-state index in [9.17, 15) is 4.79 Å². The Morgan fingerprint density at radius 1 is 1.20 bits per heavy atom. The number of nitrogens with zero attached hydrogens (tertiary/aromatic N) is 2. The molecule has 1 aromatic carbocycles. The highest BCUT2D eigenvalue weighted by Gasteiger charge is 2.38. The first-order valence-corrected chi connectivity index (χ1v) is 9.90. The number of amides is 1. The topological polar surface area (TPSA) is 49.6 Å². The highest BCUT2D eigenvalue weighted by atomic mass is 16.2. The van der Waals surface area contributed by atoms with Gasteiger partial charge in [0.2, 0.25) is 5.91 Å². The van der Waals surface area contributed by atoms with Gasteiger partial charge in [-0.2, -0.15) is 0 Å². The van der Waals surface area contributed by atoms with E-state index >= 15 is 0 Å². The zero-order chi connectivity index (χ0) is 17.8. The lowest BCUT2D eigenvalue weighted by atomic mass is 9.99. The minimum atomic E-state index is -0.369. The molecular weight excluding hydrogens is 310 g/mol. The number of hydrogen-bond acceptors (Lipinski definition) is 3. The van der Waals surface area contributed by atoms with Crippen LogP contribution in [0.1, 0.15) is 51.5 Å². The van der Waals surface area contributed by atoms with Crippen molar-refractivity contribution in [2.75, 3.05) is 13.1 Å². The maximum absolute atomic E-state index is 12.9. The van der Waals surface area contributed by atoms with Crippen LogP contribution in [0.5, 0.6) is 0 Å². The predicted octanol–water partition coefficient (Wildman–Crippen LogP) is 3.02. The van der Waals surface area contributed by atoms with Gasteiger partial charge in [0.15, 0.2) is 0 Å². The van der Waals surface area contributed by atoms with Gasteiger partial charge in [-0.05, 0) is 43.7 Å². The molecule has 2 N–H and O–H groups in total. The molecule has 1 aliphatic carbocycles. The SMILES string of the molecule is CC(C)C(N)C(=O)N(C[C@@H]1CCCCN1Cc1ccccc1)C1CC1. The van der Waals surface area contributed by atoms with Crippen LogP contribution in [0.25, 0.3) is 0 Å². The summed E-state index contributed by atoms with van der Waals surface area (Å²) in [6.45, 7) is 7.03. The smallest absolute Gasteiger partial charge is 0.240 e. The van der Waals surface area contributed by atoms with Crippen molar-refractivity contribution in [1.82, 2.24) is 9.80 Å². The molecule has 25 heavy (non-hydrogen) atoms. The Morgan fingerprint density at radius 2 is 1.92 bits per heavy atom. The van der Waals surface area contributed by atoms with Crippen molar-refractivity contribution in [3.8, 4) is 0 Å². The van der Waals surface area contributed by atoms with E-state index in [1.807, 2.05) is 13.8 Å². The summed E-state index contributed by atoms with van der Waals surface area (Å²) in [5.41, 5.74) is 7.54. The van der Waals surface area contributed by atoms with E-state index in [0.29, 0.717) is 12.1 Å². The summed E-state index contributed by atoms with van der Waals surface area (Å²) < 4.78 is 0. The molecule has 1 unspecified atom stereocenters. The van der Waals surface area contributed by atoms with Crippen molar-refractivity contribution < 1.29 is 4.79 Å². The minimum absolute atomic E-state index is 0.155. The fourth-order valence-corrected chi connectivity index (χ4v) is 3.80. The Bertz CT molecular complexity index is 556. The molecule has 0 aromatic heterocycles. The molecule has 0 spiro atoms. The molecule has 1 aromatic rings. The number of rotatable bonds is 7. The Balaban J connectivity index is 1.67. The molecule has 1 aliphatic heterocycles. The standard InChI is InChI=1S/C21H33N3O/c1-16(2)20(22)21(25)24(18-11-12-18)15-19-10-6-7-13-23(19)14-17-8-4-3-5-9-17/h3-5,8-9,16,18-20H,6-7,10-15,22H2,1-2H3/t19-,20?/m0/s1. The van der Waals surface area contributed by atoms with Gasteiger partial charge in [-0.3, -0.25) is 9.69 Å². The number of carbonyl (C=O) groups excluding carboxylic acids is 1. The van der Waals surface area contributed by atoms with E-state index in [1.54, 1.807) is 0 Å². The number of piperidine rings is 1. The number of benzene rings is 1. The van der Waals surface area contributed by atoms with Crippen LogP contribution in [0.15, 0.2) is 30.3 Å². The molecule has 2 atom stereocenters. The van der Waals surface area contributed by atoms with Crippen molar-refractivity contribution in [3.63, 3.8) is 0 Å². The van der Waals surface area contributed by atoms with Crippen molar-refractivity contribution in [1.29, 1.82) is 0 Å². The summed E-state index contributed by atoms with van der Waals surface area (Å²) in [6.07, 6.45) is 5.98. The normalized spacial score (nSPS) is 22.8. The average Bonchev–Trinajstić information content (AvgIpc) is 3.45. The summed E-state index contributed by atoms with van der Waals surface area (Å²) in [7, 11) is 0. The molecule has 4 heteroatoms. The Kier molecular flexibility index (Phi) is 6.13. The van der Waals surface area contributed by atoms with Gasteiger partial charge in [-0.15, -0.1) is 0 Å². The van der Waals surface area contributed by atoms with Crippen molar-refractivity contribution in [2.45, 2.75) is 70.6 Å². The first-order chi connectivity index (χ1) is 12.1. The van der Waals surface area contributed by atoms with Gasteiger partial charge in [0.05, 0.1) is 6.04 Å². The second kappa shape index (κ2) is 8.33. The fourth-order valence-electron chi connectivity index (χ4n) is 3.80. The molecule has 1 saturated carbocycles. The lowest BCUT2D eigenvalue weighted by Crippen LogP contribution is -2.53. The van der Waals surface area contributed by atoms with Gasteiger partial charge in [0.25, 0.3) is 0 Å². The van der Waals surface area contributed by atoms with E-state index < -0.39 is 0 Å². The van der Waals surface area contributed by atoms with Crippen LogP contribution in [-0.4, -0.2) is 46.9 Å². The van der Waals surface area contributed by atoms with Crippen molar-refractivity contribution >= 4 is 5.91 Å². The molecule has 4 nitrogen and oxygen atoms in total. The summed E-state index contributed by atoms with van der Waals surface area (Å²) >= 11 is 0. The van der Waals surface area contributed by atoms with Gasteiger partial charge in [-0.25, -0.2) is 0 Å². The molecule has 0 bridgehead atoms. The van der Waals surface area contributed by atoms with Gasteiger partial charge in [-0.1, -0.05) is 50.6 Å². The first-order valence-electron chi connectivity index (χ1n) is 9.90. The van der Waals surface area contributed by atoms with Gasteiger partial charge in [0, 0.05) is 25.2 Å². The third kappa shape index (κ3) is 4.83. The third-order valence-electron chi connectivity index (χ3n) is 5.66. The molecule has 1 heterocycles. The molecule has 0 radical (unpaired) electrons. The van der Waals surface area contributed by atoms with Crippen LogP contribution in [0, 0.1) is 5.92 Å². The quantitative estimate of drug-likeness (QED) is 0.828. The number of carbonyl (C=O) groups is 1. The van der Waals surface area contributed by atoms with Gasteiger partial charge in [0.1, 0.15) is 0 Å². The molecule has 2 aliphatic rings. The lowest BCUT2D eigenvalue weighted by Gasteiger charge is -2.39. The predicted molar refractivity (Wildman–Crippen MR) is 102 cm³/mol. The van der Waals surface area contributed by atoms with Crippen molar-refractivity contribution in [2.24, 2.45) is 11.7 Å². The van der Waals surface area contributed by atoms with Gasteiger partial charge >= 0.3 is 0 Å². The molecule has 1 saturated heterocycles. The van der Waals surface area contributed by atoms with Gasteiger partial charge < -0.3 is 10.6 Å². The average molecular weight is 344 g/mol. The Labute approximate surface area is 152 Å². The highest BCUT2D eigenvalue weighted by molar-refractivity contribution is 5.82. The Hall–Kier alpha value is -1.39. The van der Waals surface area contributed by atoms with E-state index in [2.05, 4.69) is 40.1 Å². The van der Waals surface area contributed by atoms with Crippen LogP contribution >= 0.6 is 0 Å². The lowest BCUT2D eigenvalue weighted by molar-refractivity contribution is -0.135. The van der Waals surface area contributed by atoms with Crippen LogP contribution < -0.4 is 5.73 Å². The van der Waals surface area contributed by atoms with Crippen LogP contribution in [0.4, 0.5) is 0 Å². The minimum Gasteiger partial charge on any atom is -0.337 e. The first kappa shape index (κ1) is 18.4. The van der Waals surface area contributed by atoms with Crippen LogP contribution in [0.2, 0.25) is 0 Å². The zero-order valence-electron chi connectivity index (χ0n) is 15.7. The van der Waals surface area contributed by atoms with E-state index in [4.69, 9.17) is 5.73 Å². The second-order valence-electron chi connectivity index (χ2n) is 8.10. The number of nitrogens with two attached hydrogens (primary N) is 1. The number of hydrogen-bond donors (Lipinski definition) is 1. The summed E-state index contributed by atoms with van der Waals surface area (Å²) in [5.74, 6) is 0.350. The molecule has 138 valence electrons. The number of likely N-dealkylation sites (tertiary alicyclic amines) is 1. The monoisotopic (exact) mass is 343 g/mol. The van der Waals surface area contributed by atoms with E-state index in [0.717, 1.165) is 32.5 Å². The largest absolute Gasteiger partial charge is 0.337 e. The zero-order valence-corrected chi connectivity index (χ0v) is 15.7. The third-order valence-corrected chi connectivity index (χ3v) is 5.66. The summed E-state index contributed by atoms with van der Waals surface area (Å²) in [4.78, 5) is 17.6. The summed E-state index contributed by atoms with van der Waals surface area (Å²) in [5, 5.41) is 0. The second-order valence-corrected chi connectivity index (χ2v) is 8.10. The maximum atomic E-state index is 12.9. The van der Waals surface area contributed by atoms with E-state index in [-0.39, 0.29) is 17.9 Å². The van der Waals surface area contributed by atoms with Crippen LogP contribution in [0.3, 0.4) is 0 Å².